The molecule has 0 bridgehead atoms. The fraction of sp³-hybridized carbons (Fsp3) is 0.263. The van der Waals surface area contributed by atoms with Crippen LogP contribution in [0.1, 0.15) is 5.56 Å². The van der Waals surface area contributed by atoms with Gasteiger partial charge in [-0.15, -0.1) is 0 Å². The number of hydrogen-bond acceptors (Lipinski definition) is 5. The van der Waals surface area contributed by atoms with Crippen LogP contribution in [0.2, 0.25) is 0 Å². The lowest BCUT2D eigenvalue weighted by Gasteiger charge is -2.35. The van der Waals surface area contributed by atoms with Gasteiger partial charge in [0, 0.05) is 7.05 Å². The summed E-state index contributed by atoms with van der Waals surface area (Å²) in [7, 11) is 1.60. The van der Waals surface area contributed by atoms with Gasteiger partial charge in [-0.1, -0.05) is 18.2 Å². The second-order valence-electron chi connectivity index (χ2n) is 5.62. The molecule has 2 aromatic carbocycles. The minimum atomic E-state index is -0.554. The quantitative estimate of drug-likeness (QED) is 0.903. The predicted octanol–water partition coefficient (Wildman–Crippen LogP) is 1.95. The number of likely N-dealkylation sites (N-methyl/N-ethyl adjacent to an activating group) is 1. The third kappa shape index (κ3) is 3.83. The molecule has 0 radical (unpaired) electrons. The van der Waals surface area contributed by atoms with E-state index in [1.165, 1.54) is 0 Å². The summed E-state index contributed by atoms with van der Waals surface area (Å²) in [5.41, 5.74) is 1.51. The Morgan fingerprint density at radius 2 is 2.20 bits per heavy atom. The summed E-state index contributed by atoms with van der Waals surface area (Å²) in [6, 6.07) is 16.8. The highest BCUT2D eigenvalue weighted by molar-refractivity contribution is 5.83. The summed E-state index contributed by atoms with van der Waals surface area (Å²) < 4.78 is 11.5. The molecule has 0 aliphatic carbocycles. The molecule has 128 valence electrons. The lowest BCUT2D eigenvalue weighted by Crippen LogP contribution is -2.49. The van der Waals surface area contributed by atoms with E-state index < -0.39 is 6.10 Å². The molecule has 1 unspecified atom stereocenters. The molecule has 25 heavy (non-hydrogen) atoms. The number of fused-ring (bicyclic) bond motifs is 1. The number of rotatable bonds is 5. The zero-order valence-electron chi connectivity index (χ0n) is 13.9. The third-order valence-corrected chi connectivity index (χ3v) is 3.99. The molecular formula is C19H19N3O3. The molecule has 0 saturated carbocycles. The van der Waals surface area contributed by atoms with Crippen LogP contribution in [-0.2, 0) is 4.79 Å². The summed E-state index contributed by atoms with van der Waals surface area (Å²) in [5.74, 6) is 1.19. The lowest BCUT2D eigenvalue weighted by molar-refractivity contribution is -0.127. The Kier molecular flexibility index (Phi) is 5.05. The SMILES string of the molecule is CNC(=O)C1CN(CCOc2cccc(C#N)c2)c2ccccc2O1. The maximum atomic E-state index is 12.0. The number of nitrogens with zero attached hydrogens (tertiary/aromatic N) is 2. The van der Waals surface area contributed by atoms with Gasteiger partial charge in [-0.05, 0) is 30.3 Å². The van der Waals surface area contributed by atoms with Gasteiger partial charge in [-0.3, -0.25) is 4.79 Å². The molecule has 1 N–H and O–H groups in total. The van der Waals surface area contributed by atoms with Crippen LogP contribution < -0.4 is 19.7 Å². The van der Waals surface area contributed by atoms with Crippen molar-refractivity contribution in [3.05, 3.63) is 54.1 Å². The summed E-state index contributed by atoms with van der Waals surface area (Å²) >= 11 is 0. The molecule has 0 aromatic heterocycles. The molecule has 6 nitrogen and oxygen atoms in total. The molecule has 0 saturated heterocycles. The van der Waals surface area contributed by atoms with Crippen molar-refractivity contribution in [3.8, 4) is 17.6 Å². The largest absolute Gasteiger partial charge is 0.492 e. The highest BCUT2D eigenvalue weighted by Crippen LogP contribution is 2.32. The minimum absolute atomic E-state index is 0.151. The van der Waals surface area contributed by atoms with Gasteiger partial charge >= 0.3 is 0 Å². The number of nitriles is 1. The fourth-order valence-electron chi connectivity index (χ4n) is 2.75. The Morgan fingerprint density at radius 3 is 3.00 bits per heavy atom. The summed E-state index contributed by atoms with van der Waals surface area (Å²) in [6.07, 6.45) is -0.554. The van der Waals surface area contributed by atoms with Crippen LogP contribution in [0.4, 0.5) is 5.69 Å². The average molecular weight is 337 g/mol. The van der Waals surface area contributed by atoms with E-state index in [2.05, 4.69) is 16.3 Å². The number of carbonyl (C=O) groups excluding carboxylic acids is 1. The predicted molar refractivity (Wildman–Crippen MR) is 93.8 cm³/mol. The van der Waals surface area contributed by atoms with Crippen LogP contribution in [0.3, 0.4) is 0 Å². The first-order chi connectivity index (χ1) is 12.2. The number of anilines is 1. The standard InChI is InChI=1S/C19H19N3O3/c1-21-19(23)18-13-22(16-7-2-3-8-17(16)25-18)9-10-24-15-6-4-5-14(11-15)12-20/h2-8,11,18H,9-10,13H2,1H3,(H,21,23). The van der Waals surface area contributed by atoms with Gasteiger partial charge in [-0.25, -0.2) is 0 Å². The summed E-state index contributed by atoms with van der Waals surface area (Å²) in [4.78, 5) is 14.0. The van der Waals surface area contributed by atoms with Crippen molar-refractivity contribution in [2.45, 2.75) is 6.10 Å². The van der Waals surface area contributed by atoms with Crippen LogP contribution in [-0.4, -0.2) is 38.8 Å². The zero-order chi connectivity index (χ0) is 17.6. The van der Waals surface area contributed by atoms with Crippen molar-refractivity contribution in [1.82, 2.24) is 5.32 Å². The van der Waals surface area contributed by atoms with Gasteiger partial charge in [0.1, 0.15) is 18.1 Å². The van der Waals surface area contributed by atoms with E-state index in [1.807, 2.05) is 30.3 Å². The van der Waals surface area contributed by atoms with E-state index in [9.17, 15) is 4.79 Å². The molecule has 0 fully saturated rings. The van der Waals surface area contributed by atoms with Crippen LogP contribution in [0.15, 0.2) is 48.5 Å². The molecule has 1 atom stereocenters. The number of hydrogen-bond donors (Lipinski definition) is 1. The molecule has 1 aliphatic heterocycles. The van der Waals surface area contributed by atoms with Crippen LogP contribution in [0, 0.1) is 11.3 Å². The van der Waals surface area contributed by atoms with Gasteiger partial charge in [0.25, 0.3) is 5.91 Å². The van der Waals surface area contributed by atoms with Gasteiger partial charge in [-0.2, -0.15) is 5.26 Å². The fourth-order valence-corrected chi connectivity index (χ4v) is 2.75. The first-order valence-electron chi connectivity index (χ1n) is 8.06. The van der Waals surface area contributed by atoms with E-state index in [-0.39, 0.29) is 5.91 Å². The molecule has 6 heteroatoms. The number of para-hydroxylation sites is 2. The second kappa shape index (κ2) is 7.58. The van der Waals surface area contributed by atoms with Gasteiger partial charge in [0.2, 0.25) is 0 Å². The molecule has 1 amide bonds. The Labute approximate surface area is 146 Å². The Balaban J connectivity index is 1.68. The van der Waals surface area contributed by atoms with Crippen molar-refractivity contribution in [1.29, 1.82) is 5.26 Å². The van der Waals surface area contributed by atoms with Gasteiger partial charge < -0.3 is 19.7 Å². The van der Waals surface area contributed by atoms with Crippen LogP contribution in [0.5, 0.6) is 11.5 Å². The maximum Gasteiger partial charge on any atom is 0.262 e. The number of benzene rings is 2. The first kappa shape index (κ1) is 16.7. The normalized spacial score (nSPS) is 15.5. The maximum absolute atomic E-state index is 12.0. The van der Waals surface area contributed by atoms with Crippen molar-refractivity contribution >= 4 is 11.6 Å². The molecular weight excluding hydrogens is 318 g/mol. The number of amides is 1. The van der Waals surface area contributed by atoms with Gasteiger partial charge in [0.15, 0.2) is 6.10 Å². The van der Waals surface area contributed by atoms with Crippen molar-refractivity contribution in [2.75, 3.05) is 31.6 Å². The van der Waals surface area contributed by atoms with E-state index >= 15 is 0 Å². The molecule has 1 aliphatic rings. The Bertz CT molecular complexity index is 800. The third-order valence-electron chi connectivity index (χ3n) is 3.99. The van der Waals surface area contributed by atoms with Gasteiger partial charge in [0.05, 0.1) is 30.4 Å². The summed E-state index contributed by atoms with van der Waals surface area (Å²) in [6.45, 7) is 1.49. The number of ether oxygens (including phenoxy) is 2. The first-order valence-corrected chi connectivity index (χ1v) is 8.06. The highest BCUT2D eigenvalue weighted by Gasteiger charge is 2.29. The van der Waals surface area contributed by atoms with Crippen molar-refractivity contribution in [2.24, 2.45) is 0 Å². The van der Waals surface area contributed by atoms with Crippen LogP contribution in [0.25, 0.3) is 0 Å². The highest BCUT2D eigenvalue weighted by atomic mass is 16.5. The second-order valence-corrected chi connectivity index (χ2v) is 5.62. The van der Waals surface area contributed by atoms with E-state index in [0.717, 1.165) is 5.69 Å². The Morgan fingerprint density at radius 1 is 1.36 bits per heavy atom. The topological polar surface area (TPSA) is 74.6 Å². The van der Waals surface area contributed by atoms with E-state index in [1.54, 1.807) is 25.2 Å². The van der Waals surface area contributed by atoms with Crippen molar-refractivity contribution < 1.29 is 14.3 Å². The monoisotopic (exact) mass is 337 g/mol. The smallest absolute Gasteiger partial charge is 0.262 e. The minimum Gasteiger partial charge on any atom is -0.492 e. The van der Waals surface area contributed by atoms with Crippen molar-refractivity contribution in [3.63, 3.8) is 0 Å². The lowest BCUT2D eigenvalue weighted by atomic mass is 10.2. The van der Waals surface area contributed by atoms with E-state index in [4.69, 9.17) is 14.7 Å². The summed E-state index contributed by atoms with van der Waals surface area (Å²) in [5, 5.41) is 11.6. The zero-order valence-corrected chi connectivity index (χ0v) is 13.9. The van der Waals surface area contributed by atoms with Crippen LogP contribution >= 0.6 is 0 Å². The molecule has 0 spiro atoms. The average Bonchev–Trinajstić information content (AvgIpc) is 2.67. The molecule has 2 aromatic rings. The Hall–Kier alpha value is -3.20. The number of carbonyl (C=O) groups is 1. The molecule has 1 heterocycles. The molecule has 3 rings (SSSR count). The number of nitrogens with one attached hydrogen (secondary N) is 1. The van der Waals surface area contributed by atoms with E-state index in [0.29, 0.717) is 36.8 Å².